The van der Waals surface area contributed by atoms with E-state index in [1.165, 1.54) is 0 Å². The van der Waals surface area contributed by atoms with E-state index in [2.05, 4.69) is 10.2 Å². The Bertz CT molecular complexity index is 287. The molecule has 4 heteroatoms. The summed E-state index contributed by atoms with van der Waals surface area (Å²) in [5, 5.41) is 12.1. The average molecular weight is 223 g/mol. The van der Waals surface area contributed by atoms with E-state index < -0.39 is 0 Å². The van der Waals surface area contributed by atoms with Crippen molar-refractivity contribution >= 4 is 11.4 Å². The van der Waals surface area contributed by atoms with E-state index in [9.17, 15) is 0 Å². The van der Waals surface area contributed by atoms with Crippen LogP contribution in [-0.4, -0.2) is 43.3 Å². The van der Waals surface area contributed by atoms with E-state index in [-0.39, 0.29) is 6.61 Å². The van der Waals surface area contributed by atoms with Gasteiger partial charge >= 0.3 is 0 Å². The molecule has 0 spiro atoms. The Hall–Kier alpha value is -1.26. The fourth-order valence-corrected chi connectivity index (χ4v) is 1.47. The Morgan fingerprint density at radius 2 is 1.94 bits per heavy atom. The number of nitrogens with two attached hydrogens (primary N) is 1. The van der Waals surface area contributed by atoms with Crippen molar-refractivity contribution in [2.24, 2.45) is 0 Å². The molecule has 0 aliphatic heterocycles. The van der Waals surface area contributed by atoms with Gasteiger partial charge in [-0.3, -0.25) is 0 Å². The predicted molar refractivity (Wildman–Crippen MR) is 68.5 cm³/mol. The summed E-state index contributed by atoms with van der Waals surface area (Å²) in [6.07, 6.45) is 1.06. The summed E-state index contributed by atoms with van der Waals surface area (Å²) in [5.41, 5.74) is 7.48. The van der Waals surface area contributed by atoms with Crippen LogP contribution < -0.4 is 11.1 Å². The monoisotopic (exact) mass is 223 g/mol. The zero-order valence-electron chi connectivity index (χ0n) is 9.82. The molecule has 0 amide bonds. The molecule has 1 aromatic rings. The summed E-state index contributed by atoms with van der Waals surface area (Å²) in [7, 11) is 2.01. The summed E-state index contributed by atoms with van der Waals surface area (Å²) in [6.45, 7) is 2.88. The summed E-state index contributed by atoms with van der Waals surface area (Å²) < 4.78 is 0. The summed E-state index contributed by atoms with van der Waals surface area (Å²) in [4.78, 5) is 2.12. The lowest BCUT2D eigenvalue weighted by atomic mass is 10.3. The third-order valence-corrected chi connectivity index (χ3v) is 2.44. The second kappa shape index (κ2) is 7.09. The number of benzene rings is 1. The van der Waals surface area contributed by atoms with Crippen LogP contribution in [0, 0.1) is 0 Å². The lowest BCUT2D eigenvalue weighted by Crippen LogP contribution is -2.24. The second-order valence-corrected chi connectivity index (χ2v) is 3.93. The van der Waals surface area contributed by atoms with Crippen LogP contribution >= 0.6 is 0 Å². The Morgan fingerprint density at radius 3 is 2.56 bits per heavy atom. The molecule has 0 unspecified atom stereocenters. The maximum atomic E-state index is 8.73. The highest BCUT2D eigenvalue weighted by atomic mass is 16.3. The fraction of sp³-hybridized carbons (Fsp3) is 0.500. The van der Waals surface area contributed by atoms with Gasteiger partial charge in [0.15, 0.2) is 0 Å². The highest BCUT2D eigenvalue weighted by Gasteiger charge is 1.96. The van der Waals surface area contributed by atoms with Gasteiger partial charge in [-0.1, -0.05) is 0 Å². The molecule has 16 heavy (non-hydrogen) atoms. The molecular weight excluding hydrogens is 202 g/mol. The summed E-state index contributed by atoms with van der Waals surface area (Å²) in [6, 6.07) is 7.74. The number of nitrogen functional groups attached to an aromatic ring is 1. The average Bonchev–Trinajstić information content (AvgIpc) is 2.27. The Balaban J connectivity index is 2.13. The minimum absolute atomic E-state index is 0.224. The van der Waals surface area contributed by atoms with Crippen molar-refractivity contribution in [3.63, 3.8) is 0 Å². The maximum absolute atomic E-state index is 8.73. The van der Waals surface area contributed by atoms with E-state index in [0.717, 1.165) is 37.4 Å². The van der Waals surface area contributed by atoms with Crippen molar-refractivity contribution in [3.8, 4) is 0 Å². The molecule has 0 atom stereocenters. The number of nitrogens with zero attached hydrogens (tertiary/aromatic N) is 1. The van der Waals surface area contributed by atoms with Gasteiger partial charge in [-0.15, -0.1) is 0 Å². The van der Waals surface area contributed by atoms with Crippen molar-refractivity contribution in [3.05, 3.63) is 24.3 Å². The van der Waals surface area contributed by atoms with E-state index in [1.807, 2.05) is 31.3 Å². The predicted octanol–water partition coefficient (Wildman–Crippen LogP) is 0.995. The molecule has 0 saturated heterocycles. The normalized spacial score (nSPS) is 10.7. The minimum Gasteiger partial charge on any atom is -0.399 e. The van der Waals surface area contributed by atoms with Crippen LogP contribution in [0.15, 0.2) is 24.3 Å². The maximum Gasteiger partial charge on any atom is 0.0558 e. The number of hydrogen-bond donors (Lipinski definition) is 3. The smallest absolute Gasteiger partial charge is 0.0558 e. The lowest BCUT2D eigenvalue weighted by molar-refractivity contribution is 0.221. The highest BCUT2D eigenvalue weighted by Crippen LogP contribution is 2.10. The van der Waals surface area contributed by atoms with Gasteiger partial charge in [0.25, 0.3) is 0 Å². The molecule has 90 valence electrons. The molecule has 0 aliphatic carbocycles. The molecule has 1 rings (SSSR count). The first-order chi connectivity index (χ1) is 7.72. The molecule has 4 N–H and O–H groups in total. The number of aliphatic hydroxyl groups excluding tert-OH is 1. The number of anilines is 2. The van der Waals surface area contributed by atoms with Crippen LogP contribution in [0.25, 0.3) is 0 Å². The van der Waals surface area contributed by atoms with Crippen LogP contribution in [0.3, 0.4) is 0 Å². The number of rotatable bonds is 7. The van der Waals surface area contributed by atoms with Crippen molar-refractivity contribution in [1.82, 2.24) is 4.90 Å². The second-order valence-electron chi connectivity index (χ2n) is 3.93. The van der Waals surface area contributed by atoms with Gasteiger partial charge in [-0.05, 0) is 44.3 Å². The molecule has 0 radical (unpaired) electrons. The van der Waals surface area contributed by atoms with E-state index in [0.29, 0.717) is 0 Å². The number of likely N-dealkylation sites (N-methyl/N-ethyl adjacent to an activating group) is 1. The van der Waals surface area contributed by atoms with Crippen LogP contribution in [0.1, 0.15) is 6.42 Å². The van der Waals surface area contributed by atoms with Gasteiger partial charge in [0.05, 0.1) is 6.61 Å². The molecular formula is C12H21N3O. The molecule has 0 bridgehead atoms. The molecule has 4 nitrogen and oxygen atoms in total. The van der Waals surface area contributed by atoms with E-state index in [4.69, 9.17) is 10.8 Å². The third-order valence-electron chi connectivity index (χ3n) is 2.44. The van der Waals surface area contributed by atoms with E-state index >= 15 is 0 Å². The van der Waals surface area contributed by atoms with Gasteiger partial charge in [-0.2, -0.15) is 0 Å². The van der Waals surface area contributed by atoms with Crippen molar-refractivity contribution < 1.29 is 5.11 Å². The molecule has 0 fully saturated rings. The molecule has 0 aromatic heterocycles. The standard InChI is InChI=1S/C12H21N3O/c1-15(9-10-16)8-2-7-14-12-5-3-11(13)4-6-12/h3-6,14,16H,2,7-10,13H2,1H3. The SMILES string of the molecule is CN(CCO)CCCNc1ccc(N)cc1. The quantitative estimate of drug-likeness (QED) is 0.476. The fourth-order valence-electron chi connectivity index (χ4n) is 1.47. The van der Waals surface area contributed by atoms with Gasteiger partial charge in [0.1, 0.15) is 0 Å². The van der Waals surface area contributed by atoms with Gasteiger partial charge < -0.3 is 21.1 Å². The molecule has 0 aliphatic rings. The van der Waals surface area contributed by atoms with E-state index in [1.54, 1.807) is 0 Å². The van der Waals surface area contributed by atoms with Crippen molar-refractivity contribution in [2.75, 3.05) is 44.3 Å². The van der Waals surface area contributed by atoms with Crippen molar-refractivity contribution in [2.45, 2.75) is 6.42 Å². The largest absolute Gasteiger partial charge is 0.399 e. The Kier molecular flexibility index (Phi) is 5.67. The van der Waals surface area contributed by atoms with Crippen LogP contribution in [0.5, 0.6) is 0 Å². The first-order valence-electron chi connectivity index (χ1n) is 5.61. The van der Waals surface area contributed by atoms with Gasteiger partial charge in [0.2, 0.25) is 0 Å². The zero-order chi connectivity index (χ0) is 11.8. The topological polar surface area (TPSA) is 61.5 Å². The Labute approximate surface area is 97.1 Å². The first kappa shape index (κ1) is 12.8. The summed E-state index contributed by atoms with van der Waals surface area (Å²) >= 11 is 0. The van der Waals surface area contributed by atoms with Gasteiger partial charge in [0, 0.05) is 24.5 Å². The van der Waals surface area contributed by atoms with Crippen LogP contribution in [0.4, 0.5) is 11.4 Å². The number of nitrogens with one attached hydrogen (secondary N) is 1. The lowest BCUT2D eigenvalue weighted by Gasteiger charge is -2.15. The zero-order valence-corrected chi connectivity index (χ0v) is 9.82. The van der Waals surface area contributed by atoms with Crippen LogP contribution in [-0.2, 0) is 0 Å². The minimum atomic E-state index is 0.224. The molecule has 1 aromatic carbocycles. The van der Waals surface area contributed by atoms with Crippen LogP contribution in [0.2, 0.25) is 0 Å². The number of hydrogen-bond acceptors (Lipinski definition) is 4. The molecule has 0 heterocycles. The summed E-state index contributed by atoms with van der Waals surface area (Å²) in [5.74, 6) is 0. The highest BCUT2D eigenvalue weighted by molar-refractivity contribution is 5.51. The number of aliphatic hydroxyl groups is 1. The van der Waals surface area contributed by atoms with Crippen molar-refractivity contribution in [1.29, 1.82) is 0 Å². The molecule has 0 saturated carbocycles. The Morgan fingerprint density at radius 1 is 1.25 bits per heavy atom. The first-order valence-corrected chi connectivity index (χ1v) is 5.61. The van der Waals surface area contributed by atoms with Gasteiger partial charge in [-0.25, -0.2) is 0 Å². The third kappa shape index (κ3) is 5.00.